The van der Waals surface area contributed by atoms with Crippen molar-refractivity contribution < 1.29 is 37.8 Å². The molecule has 0 radical (unpaired) electrons. The van der Waals surface area contributed by atoms with E-state index < -0.39 is 46.9 Å². The van der Waals surface area contributed by atoms with Crippen LogP contribution in [0.2, 0.25) is 0 Å². The van der Waals surface area contributed by atoms with Crippen LogP contribution >= 0.6 is 22.6 Å². The fourth-order valence-corrected chi connectivity index (χ4v) is 4.04. The van der Waals surface area contributed by atoms with Crippen LogP contribution in [-0.4, -0.2) is 91.5 Å². The number of nitrogens with two attached hydrogens (primary N) is 1. The summed E-state index contributed by atoms with van der Waals surface area (Å²) in [5, 5.41) is 28.7. The summed E-state index contributed by atoms with van der Waals surface area (Å²) in [5.74, 6) is -3.40. The molecule has 6 N–H and O–H groups in total. The Hall–Kier alpha value is -3.12. The van der Waals surface area contributed by atoms with Crippen LogP contribution in [0.3, 0.4) is 0 Å². The molecule has 0 saturated heterocycles. The van der Waals surface area contributed by atoms with Crippen molar-refractivity contribution >= 4 is 67.7 Å². The average molecular weight is 647 g/mol. The molecule has 2 amide bonds. The molecule has 2 aromatic rings. The number of hydrogen-bond donors (Lipinski definition) is 5. The molecule has 15 heteroatoms. The van der Waals surface area contributed by atoms with Crippen LogP contribution in [0.5, 0.6) is 0 Å². The third-order valence-corrected chi connectivity index (χ3v) is 6.43. The summed E-state index contributed by atoms with van der Waals surface area (Å²) in [6, 6.07) is 12.1. The Morgan fingerprint density at radius 3 is 1.46 bits per heavy atom. The molecule has 200 valence electrons. The Kier molecular flexibility index (Phi) is 11.4. The van der Waals surface area contributed by atoms with E-state index in [9.17, 15) is 37.8 Å². The third kappa shape index (κ3) is 11.6. The number of amides is 2. The van der Waals surface area contributed by atoms with E-state index in [0.717, 1.165) is 3.57 Å². The van der Waals surface area contributed by atoms with Crippen LogP contribution in [0.25, 0.3) is 0 Å². The molecule has 0 saturated carbocycles. The number of rotatable bonds is 14. The molecule has 0 unspecified atom stereocenters. The number of primary sulfonamides is 1. The van der Waals surface area contributed by atoms with Crippen molar-refractivity contribution in [2.75, 3.05) is 49.9 Å². The Bertz CT molecular complexity index is 1220. The van der Waals surface area contributed by atoms with Gasteiger partial charge < -0.3 is 20.8 Å². The second kappa shape index (κ2) is 14.0. The lowest BCUT2D eigenvalue weighted by Gasteiger charge is -2.25. The average Bonchev–Trinajstić information content (AvgIpc) is 2.77. The Morgan fingerprint density at radius 1 is 0.730 bits per heavy atom. The zero-order chi connectivity index (χ0) is 27.6. The molecule has 0 bridgehead atoms. The van der Waals surface area contributed by atoms with Crippen LogP contribution in [0.1, 0.15) is 0 Å². The number of aliphatic carboxylic acids is 2. The van der Waals surface area contributed by atoms with Gasteiger partial charge in [-0.3, -0.25) is 29.0 Å². The number of hydrogen-bond acceptors (Lipinski definition) is 8. The van der Waals surface area contributed by atoms with Crippen LogP contribution in [0.15, 0.2) is 53.4 Å². The number of carboxylic acids is 2. The SMILES string of the molecule is NS(=O)(=O)c1ccc(NC(=O)CN(CCN(CC(=O)O)CC(=O)Nc2ccc(I)cc2)CC(=O)O)cc1. The summed E-state index contributed by atoms with van der Waals surface area (Å²) in [6.07, 6.45) is 0. The molecule has 0 atom stereocenters. The van der Waals surface area contributed by atoms with Gasteiger partial charge in [-0.1, -0.05) is 0 Å². The third-order valence-electron chi connectivity index (χ3n) is 4.78. The molecule has 0 aliphatic heterocycles. The van der Waals surface area contributed by atoms with Crippen molar-refractivity contribution in [2.45, 2.75) is 4.90 Å². The highest BCUT2D eigenvalue weighted by molar-refractivity contribution is 14.1. The van der Waals surface area contributed by atoms with E-state index in [1.54, 1.807) is 24.3 Å². The molecule has 0 aliphatic carbocycles. The van der Waals surface area contributed by atoms with Crippen molar-refractivity contribution in [3.63, 3.8) is 0 Å². The van der Waals surface area contributed by atoms with Gasteiger partial charge in [0, 0.05) is 28.0 Å². The van der Waals surface area contributed by atoms with Crippen LogP contribution < -0.4 is 15.8 Å². The minimum Gasteiger partial charge on any atom is -0.480 e. The molecule has 0 spiro atoms. The van der Waals surface area contributed by atoms with Crippen molar-refractivity contribution in [2.24, 2.45) is 5.14 Å². The van der Waals surface area contributed by atoms with Crippen molar-refractivity contribution in [3.8, 4) is 0 Å². The fraction of sp³-hybridized carbons (Fsp3) is 0.273. The van der Waals surface area contributed by atoms with Gasteiger partial charge in [0.15, 0.2) is 0 Å². The van der Waals surface area contributed by atoms with Gasteiger partial charge in [-0.25, -0.2) is 13.6 Å². The standard InChI is InChI=1S/C22H26IN5O8S/c23-15-1-3-16(4-2-15)25-19(29)11-27(13-21(31)32)9-10-28(14-22(33)34)12-20(30)26-17-5-7-18(8-6-17)37(24,35)36/h1-8H,9-14H2,(H,25,29)(H,26,30)(H,31,32)(H,33,34)(H2,24,35,36). The van der Waals surface area contributed by atoms with E-state index in [4.69, 9.17) is 5.14 Å². The summed E-state index contributed by atoms with van der Waals surface area (Å²) in [4.78, 5) is 49.9. The molecule has 0 fully saturated rings. The number of carbonyl (C=O) groups is 4. The number of carbonyl (C=O) groups excluding carboxylic acids is 2. The maximum absolute atomic E-state index is 12.5. The highest BCUT2D eigenvalue weighted by atomic mass is 127. The van der Waals surface area contributed by atoms with Crippen molar-refractivity contribution in [1.82, 2.24) is 9.80 Å². The first-order chi connectivity index (χ1) is 17.3. The minimum atomic E-state index is -3.89. The van der Waals surface area contributed by atoms with Gasteiger partial charge >= 0.3 is 11.9 Å². The number of benzene rings is 2. The number of anilines is 2. The second-order valence-electron chi connectivity index (χ2n) is 7.88. The maximum atomic E-state index is 12.5. The lowest BCUT2D eigenvalue weighted by Crippen LogP contribution is -2.44. The molecule has 13 nitrogen and oxygen atoms in total. The zero-order valence-corrected chi connectivity index (χ0v) is 22.4. The number of carboxylic acid groups (broad SMARTS) is 2. The number of halogens is 1. The normalized spacial score (nSPS) is 11.4. The Morgan fingerprint density at radius 2 is 1.11 bits per heavy atom. The predicted molar refractivity (Wildman–Crippen MR) is 142 cm³/mol. The highest BCUT2D eigenvalue weighted by Crippen LogP contribution is 2.13. The largest absolute Gasteiger partial charge is 0.480 e. The lowest BCUT2D eigenvalue weighted by molar-refractivity contribution is -0.140. The lowest BCUT2D eigenvalue weighted by atomic mass is 10.3. The summed E-state index contributed by atoms with van der Waals surface area (Å²) >= 11 is 2.12. The Labute approximate surface area is 226 Å². The van der Waals surface area contributed by atoms with E-state index in [1.165, 1.54) is 34.1 Å². The van der Waals surface area contributed by atoms with E-state index in [1.807, 2.05) is 0 Å². The molecule has 0 aromatic heterocycles. The monoisotopic (exact) mass is 647 g/mol. The first kappa shape index (κ1) is 30.1. The van der Waals surface area contributed by atoms with Gasteiger partial charge in [-0.15, -0.1) is 0 Å². The molecule has 2 rings (SSSR count). The van der Waals surface area contributed by atoms with Gasteiger partial charge in [-0.05, 0) is 71.1 Å². The highest BCUT2D eigenvalue weighted by Gasteiger charge is 2.19. The molecular formula is C22H26IN5O8S. The molecule has 37 heavy (non-hydrogen) atoms. The van der Waals surface area contributed by atoms with E-state index in [-0.39, 0.29) is 36.8 Å². The number of nitrogens with zero attached hydrogens (tertiary/aromatic N) is 2. The first-order valence-electron chi connectivity index (χ1n) is 10.7. The van der Waals surface area contributed by atoms with Gasteiger partial charge in [0.1, 0.15) is 0 Å². The predicted octanol–water partition coefficient (Wildman–Crippen LogP) is 0.289. The quantitative estimate of drug-likeness (QED) is 0.178. The Balaban J connectivity index is 1.98. The van der Waals surface area contributed by atoms with Crippen LogP contribution in [0, 0.1) is 3.57 Å². The first-order valence-corrected chi connectivity index (χ1v) is 13.3. The minimum absolute atomic E-state index is 0.00394. The second-order valence-corrected chi connectivity index (χ2v) is 10.7. The summed E-state index contributed by atoms with van der Waals surface area (Å²) in [6.45, 7) is -1.61. The molecular weight excluding hydrogens is 621 g/mol. The van der Waals surface area contributed by atoms with Crippen molar-refractivity contribution in [1.29, 1.82) is 0 Å². The molecule has 0 aliphatic rings. The fourth-order valence-electron chi connectivity index (χ4n) is 3.16. The number of sulfonamides is 1. The van der Waals surface area contributed by atoms with Crippen LogP contribution in [-0.2, 0) is 29.2 Å². The summed E-state index contributed by atoms with van der Waals surface area (Å²) in [7, 11) is -3.89. The topological polar surface area (TPSA) is 199 Å². The molecule has 0 heterocycles. The maximum Gasteiger partial charge on any atom is 0.317 e. The number of nitrogens with one attached hydrogen (secondary N) is 2. The van der Waals surface area contributed by atoms with E-state index >= 15 is 0 Å². The van der Waals surface area contributed by atoms with Gasteiger partial charge in [0.05, 0.1) is 31.1 Å². The van der Waals surface area contributed by atoms with Crippen LogP contribution in [0.4, 0.5) is 11.4 Å². The van der Waals surface area contributed by atoms with Gasteiger partial charge in [0.2, 0.25) is 21.8 Å². The van der Waals surface area contributed by atoms with Gasteiger partial charge in [-0.2, -0.15) is 0 Å². The van der Waals surface area contributed by atoms with E-state index in [0.29, 0.717) is 5.69 Å². The summed E-state index contributed by atoms with van der Waals surface area (Å²) < 4.78 is 23.7. The molecule has 2 aromatic carbocycles. The zero-order valence-electron chi connectivity index (χ0n) is 19.5. The van der Waals surface area contributed by atoms with Gasteiger partial charge in [0.25, 0.3) is 0 Å². The van der Waals surface area contributed by atoms with E-state index in [2.05, 4.69) is 33.2 Å². The summed E-state index contributed by atoms with van der Waals surface area (Å²) in [5.41, 5.74) is 0.814. The van der Waals surface area contributed by atoms with Crippen molar-refractivity contribution in [3.05, 3.63) is 52.1 Å². The smallest absolute Gasteiger partial charge is 0.317 e.